The van der Waals surface area contributed by atoms with Gasteiger partial charge in [0.2, 0.25) is 5.91 Å². The van der Waals surface area contributed by atoms with E-state index in [0.717, 1.165) is 0 Å². The lowest BCUT2D eigenvalue weighted by molar-refractivity contribution is -0.139. The van der Waals surface area contributed by atoms with Gasteiger partial charge in [-0.1, -0.05) is 11.6 Å². The molecule has 1 aromatic rings. The minimum absolute atomic E-state index is 0.0837. The molecule has 21 heavy (non-hydrogen) atoms. The molecule has 0 radical (unpaired) electrons. The number of carbonyl (C=O) groups excluding carboxylic acids is 2. The number of hydrogen-bond donors (Lipinski definition) is 2. The van der Waals surface area contributed by atoms with Gasteiger partial charge in [0.1, 0.15) is 0 Å². The molecule has 1 unspecified atom stereocenters. The highest BCUT2D eigenvalue weighted by Gasteiger charge is 2.23. The fraction of sp³-hybridized carbons (Fsp3) is 0.429. The molecule has 6 nitrogen and oxygen atoms in total. The van der Waals surface area contributed by atoms with Gasteiger partial charge in [-0.3, -0.25) is 9.59 Å². The third-order valence-corrected chi connectivity index (χ3v) is 3.45. The molecule has 1 fully saturated rings. The minimum atomic E-state index is -0.352. The van der Waals surface area contributed by atoms with E-state index in [1.807, 2.05) is 0 Å². The van der Waals surface area contributed by atoms with E-state index < -0.39 is 0 Å². The molecule has 0 saturated carbocycles. The fourth-order valence-corrected chi connectivity index (χ4v) is 2.15. The Morgan fingerprint density at radius 2 is 2.10 bits per heavy atom. The summed E-state index contributed by atoms with van der Waals surface area (Å²) in [5, 5.41) is 12.2. The Bertz CT molecular complexity index is 506. The van der Waals surface area contributed by atoms with Crippen molar-refractivity contribution in [1.82, 2.24) is 10.2 Å². The van der Waals surface area contributed by atoms with Crippen LogP contribution in [0.15, 0.2) is 24.3 Å². The molecule has 1 heterocycles. The summed E-state index contributed by atoms with van der Waals surface area (Å²) in [6.45, 7) is 0.987. The van der Waals surface area contributed by atoms with Crippen LogP contribution in [0.4, 0.5) is 0 Å². The van der Waals surface area contributed by atoms with E-state index in [2.05, 4.69) is 5.32 Å². The monoisotopic (exact) mass is 312 g/mol. The number of aliphatic hydroxyl groups excluding tert-OH is 1. The second-order valence-corrected chi connectivity index (χ2v) is 5.14. The maximum absolute atomic E-state index is 12.0. The standard InChI is InChI=1S/C14H17ClN2O4/c15-11-3-1-10(2-4-11)14(20)16-7-13(19)17-5-6-21-12(8-17)9-18/h1-4,12,18H,5-9H2,(H,16,20). The molecule has 0 aromatic heterocycles. The van der Waals surface area contributed by atoms with Crippen LogP contribution in [0.3, 0.4) is 0 Å². The number of halogens is 1. The molecule has 1 aliphatic rings. The zero-order chi connectivity index (χ0) is 15.2. The summed E-state index contributed by atoms with van der Waals surface area (Å²) < 4.78 is 5.27. The smallest absolute Gasteiger partial charge is 0.251 e. The zero-order valence-electron chi connectivity index (χ0n) is 11.4. The molecule has 7 heteroatoms. The first-order chi connectivity index (χ1) is 10.1. The molecule has 1 atom stereocenters. The van der Waals surface area contributed by atoms with Crippen LogP contribution >= 0.6 is 11.6 Å². The first-order valence-corrected chi connectivity index (χ1v) is 7.02. The Morgan fingerprint density at radius 1 is 1.38 bits per heavy atom. The predicted octanol–water partition coefficient (Wildman–Crippen LogP) is 0.290. The lowest BCUT2D eigenvalue weighted by atomic mass is 10.2. The van der Waals surface area contributed by atoms with Crippen molar-refractivity contribution in [2.24, 2.45) is 0 Å². The highest BCUT2D eigenvalue weighted by atomic mass is 35.5. The molecular formula is C14H17ClN2O4. The number of benzene rings is 1. The molecule has 1 saturated heterocycles. The number of nitrogens with zero attached hydrogens (tertiary/aromatic N) is 1. The first-order valence-electron chi connectivity index (χ1n) is 6.64. The van der Waals surface area contributed by atoms with Crippen LogP contribution in [0, 0.1) is 0 Å². The molecule has 114 valence electrons. The third kappa shape index (κ3) is 4.42. The van der Waals surface area contributed by atoms with E-state index in [4.69, 9.17) is 21.4 Å². The maximum atomic E-state index is 12.0. The molecule has 2 rings (SSSR count). The molecular weight excluding hydrogens is 296 g/mol. The molecule has 1 aliphatic heterocycles. The van der Waals surface area contributed by atoms with Gasteiger partial charge in [0.15, 0.2) is 0 Å². The highest BCUT2D eigenvalue weighted by Crippen LogP contribution is 2.09. The molecule has 2 N–H and O–H groups in total. The van der Waals surface area contributed by atoms with E-state index in [0.29, 0.717) is 30.3 Å². The largest absolute Gasteiger partial charge is 0.394 e. The number of aliphatic hydroxyl groups is 1. The van der Waals surface area contributed by atoms with Crippen molar-refractivity contribution in [2.45, 2.75) is 6.10 Å². The SMILES string of the molecule is O=C(NCC(=O)N1CCOC(CO)C1)c1ccc(Cl)cc1. The van der Waals surface area contributed by atoms with Crippen LogP contribution < -0.4 is 5.32 Å². The Hall–Kier alpha value is -1.63. The van der Waals surface area contributed by atoms with E-state index >= 15 is 0 Å². The lowest BCUT2D eigenvalue weighted by Crippen LogP contribution is -2.49. The topological polar surface area (TPSA) is 78.9 Å². The van der Waals surface area contributed by atoms with Crippen molar-refractivity contribution < 1.29 is 19.4 Å². The second-order valence-electron chi connectivity index (χ2n) is 4.70. The van der Waals surface area contributed by atoms with E-state index in [-0.39, 0.29) is 31.1 Å². The summed E-state index contributed by atoms with van der Waals surface area (Å²) in [4.78, 5) is 25.5. The quantitative estimate of drug-likeness (QED) is 0.837. The van der Waals surface area contributed by atoms with Gasteiger partial charge in [0.25, 0.3) is 5.91 Å². The van der Waals surface area contributed by atoms with E-state index in [1.54, 1.807) is 29.2 Å². The summed E-state index contributed by atoms with van der Waals surface area (Å²) in [7, 11) is 0. The molecule has 1 aromatic carbocycles. The van der Waals surface area contributed by atoms with Gasteiger partial charge in [-0.25, -0.2) is 0 Å². The minimum Gasteiger partial charge on any atom is -0.394 e. The van der Waals surface area contributed by atoms with Crippen molar-refractivity contribution in [3.05, 3.63) is 34.9 Å². The van der Waals surface area contributed by atoms with Crippen molar-refractivity contribution >= 4 is 23.4 Å². The van der Waals surface area contributed by atoms with Crippen LogP contribution in [-0.4, -0.2) is 60.8 Å². The van der Waals surface area contributed by atoms with E-state index in [1.165, 1.54) is 0 Å². The molecule has 0 aliphatic carbocycles. The highest BCUT2D eigenvalue weighted by molar-refractivity contribution is 6.30. The number of nitrogens with one attached hydrogen (secondary N) is 1. The third-order valence-electron chi connectivity index (χ3n) is 3.20. The van der Waals surface area contributed by atoms with E-state index in [9.17, 15) is 9.59 Å². The average molecular weight is 313 g/mol. The Kier molecular flexibility index (Phi) is 5.55. The van der Waals surface area contributed by atoms with Crippen LogP contribution in [-0.2, 0) is 9.53 Å². The van der Waals surface area contributed by atoms with Gasteiger partial charge in [-0.05, 0) is 24.3 Å². The first kappa shape index (κ1) is 15.8. The number of rotatable bonds is 4. The lowest BCUT2D eigenvalue weighted by Gasteiger charge is -2.32. The Balaban J connectivity index is 1.83. The Morgan fingerprint density at radius 3 is 2.76 bits per heavy atom. The van der Waals surface area contributed by atoms with Gasteiger partial charge in [-0.15, -0.1) is 0 Å². The summed E-state index contributed by atoms with van der Waals surface area (Å²) in [5.41, 5.74) is 0.447. The molecule has 2 amide bonds. The van der Waals surface area contributed by atoms with Gasteiger partial charge >= 0.3 is 0 Å². The number of hydrogen-bond acceptors (Lipinski definition) is 4. The van der Waals surface area contributed by atoms with Crippen LogP contribution in [0.2, 0.25) is 5.02 Å². The summed E-state index contributed by atoms with van der Waals surface area (Å²) >= 11 is 5.75. The molecule has 0 bridgehead atoms. The van der Waals surface area contributed by atoms with Gasteiger partial charge in [0.05, 0.1) is 25.9 Å². The number of amides is 2. The summed E-state index contributed by atoms with van der Waals surface area (Å²) in [6.07, 6.45) is -0.352. The average Bonchev–Trinajstić information content (AvgIpc) is 2.53. The van der Waals surface area contributed by atoms with Crippen molar-refractivity contribution in [1.29, 1.82) is 0 Å². The number of carbonyl (C=O) groups is 2. The number of ether oxygens (including phenoxy) is 1. The van der Waals surface area contributed by atoms with Crippen LogP contribution in [0.5, 0.6) is 0 Å². The summed E-state index contributed by atoms with van der Waals surface area (Å²) in [6, 6.07) is 6.43. The van der Waals surface area contributed by atoms with Gasteiger partial charge in [0, 0.05) is 23.7 Å². The van der Waals surface area contributed by atoms with Gasteiger partial charge in [-0.2, -0.15) is 0 Å². The molecule has 0 spiro atoms. The van der Waals surface area contributed by atoms with Crippen molar-refractivity contribution in [3.8, 4) is 0 Å². The van der Waals surface area contributed by atoms with Crippen LogP contribution in [0.1, 0.15) is 10.4 Å². The fourth-order valence-electron chi connectivity index (χ4n) is 2.03. The predicted molar refractivity (Wildman–Crippen MR) is 77.2 cm³/mol. The summed E-state index contributed by atoms with van der Waals surface area (Å²) in [5.74, 6) is -0.522. The van der Waals surface area contributed by atoms with Gasteiger partial charge < -0.3 is 20.1 Å². The zero-order valence-corrected chi connectivity index (χ0v) is 12.2. The number of morpholine rings is 1. The second kappa shape index (κ2) is 7.40. The van der Waals surface area contributed by atoms with Crippen molar-refractivity contribution in [2.75, 3.05) is 32.8 Å². The maximum Gasteiger partial charge on any atom is 0.251 e. The Labute approximate surface area is 127 Å². The normalized spacial score (nSPS) is 18.4. The van der Waals surface area contributed by atoms with Crippen LogP contribution in [0.25, 0.3) is 0 Å². The van der Waals surface area contributed by atoms with Crippen molar-refractivity contribution in [3.63, 3.8) is 0 Å².